The Balaban J connectivity index is 1.49. The monoisotopic (exact) mass is 356 g/mol. The number of carbonyl (C=O) groups excluding carboxylic acids is 1. The molecule has 0 unspecified atom stereocenters. The summed E-state index contributed by atoms with van der Waals surface area (Å²) in [5, 5.41) is 7.28. The molecule has 0 saturated carbocycles. The van der Waals surface area contributed by atoms with Gasteiger partial charge in [-0.05, 0) is 37.5 Å². The van der Waals surface area contributed by atoms with Crippen molar-refractivity contribution in [1.82, 2.24) is 15.1 Å². The SMILES string of the molecule is Cc1n[nH]c(C)c1N1CCN(C(=O)COc2ccc(C(C)C)cc2)CC1. The minimum Gasteiger partial charge on any atom is -0.484 e. The van der Waals surface area contributed by atoms with Gasteiger partial charge in [0, 0.05) is 26.2 Å². The highest BCUT2D eigenvalue weighted by molar-refractivity contribution is 5.78. The van der Waals surface area contributed by atoms with Crippen LogP contribution in [0.3, 0.4) is 0 Å². The van der Waals surface area contributed by atoms with E-state index in [9.17, 15) is 4.79 Å². The zero-order valence-corrected chi connectivity index (χ0v) is 16.1. The predicted molar refractivity (Wildman–Crippen MR) is 103 cm³/mol. The van der Waals surface area contributed by atoms with Gasteiger partial charge in [-0.1, -0.05) is 26.0 Å². The Bertz CT molecular complexity index is 724. The lowest BCUT2D eigenvalue weighted by molar-refractivity contribution is -0.133. The van der Waals surface area contributed by atoms with Crippen LogP contribution in [-0.4, -0.2) is 53.8 Å². The average Bonchev–Trinajstić information content (AvgIpc) is 2.98. The number of anilines is 1. The summed E-state index contributed by atoms with van der Waals surface area (Å²) in [7, 11) is 0. The molecule has 6 nitrogen and oxygen atoms in total. The standard InChI is InChI=1S/C20H28N4O2/c1-14(2)17-5-7-18(8-6-17)26-13-19(25)23-9-11-24(12-10-23)20-15(3)21-22-16(20)4/h5-8,14H,9-13H2,1-4H3,(H,21,22). The van der Waals surface area contributed by atoms with Crippen molar-refractivity contribution in [2.24, 2.45) is 0 Å². The number of hydrogen-bond donors (Lipinski definition) is 1. The van der Waals surface area contributed by atoms with Crippen molar-refractivity contribution in [1.29, 1.82) is 0 Å². The number of benzene rings is 1. The van der Waals surface area contributed by atoms with Gasteiger partial charge in [-0.15, -0.1) is 0 Å². The largest absolute Gasteiger partial charge is 0.484 e. The van der Waals surface area contributed by atoms with Gasteiger partial charge in [0.15, 0.2) is 6.61 Å². The van der Waals surface area contributed by atoms with E-state index in [1.165, 1.54) is 11.3 Å². The number of carbonyl (C=O) groups is 1. The molecule has 1 aromatic heterocycles. The molecule has 140 valence electrons. The molecule has 0 atom stereocenters. The fraction of sp³-hybridized carbons (Fsp3) is 0.500. The molecule has 1 aromatic carbocycles. The van der Waals surface area contributed by atoms with E-state index in [2.05, 4.69) is 41.1 Å². The summed E-state index contributed by atoms with van der Waals surface area (Å²) in [6.07, 6.45) is 0. The van der Waals surface area contributed by atoms with Gasteiger partial charge < -0.3 is 14.5 Å². The maximum Gasteiger partial charge on any atom is 0.260 e. The summed E-state index contributed by atoms with van der Waals surface area (Å²) in [5.41, 5.74) is 4.52. The topological polar surface area (TPSA) is 61.5 Å². The Labute approximate surface area is 155 Å². The number of rotatable bonds is 5. The van der Waals surface area contributed by atoms with Crippen LogP contribution in [0.1, 0.15) is 36.7 Å². The van der Waals surface area contributed by atoms with Crippen LogP contribution < -0.4 is 9.64 Å². The van der Waals surface area contributed by atoms with Crippen LogP contribution in [0.5, 0.6) is 5.75 Å². The number of nitrogens with one attached hydrogen (secondary N) is 1. The first-order chi connectivity index (χ1) is 12.5. The molecule has 1 fully saturated rings. The molecule has 2 aromatic rings. The molecule has 1 N–H and O–H groups in total. The van der Waals surface area contributed by atoms with Crippen molar-refractivity contribution in [3.05, 3.63) is 41.2 Å². The van der Waals surface area contributed by atoms with Gasteiger partial charge in [0.1, 0.15) is 5.75 Å². The molecule has 26 heavy (non-hydrogen) atoms. The van der Waals surface area contributed by atoms with E-state index >= 15 is 0 Å². The molecule has 1 amide bonds. The number of amides is 1. The Morgan fingerprint density at radius 3 is 2.35 bits per heavy atom. The van der Waals surface area contributed by atoms with E-state index in [1.54, 1.807) is 0 Å². The Kier molecular flexibility index (Phi) is 5.49. The van der Waals surface area contributed by atoms with Gasteiger partial charge in [-0.25, -0.2) is 0 Å². The number of ether oxygens (including phenoxy) is 1. The number of hydrogen-bond acceptors (Lipinski definition) is 4. The first-order valence-corrected chi connectivity index (χ1v) is 9.22. The van der Waals surface area contributed by atoms with Gasteiger partial charge in [-0.2, -0.15) is 5.10 Å². The Morgan fingerprint density at radius 2 is 1.81 bits per heavy atom. The van der Waals surface area contributed by atoms with E-state index in [1.807, 2.05) is 30.9 Å². The van der Waals surface area contributed by atoms with Crippen LogP contribution in [0.2, 0.25) is 0 Å². The lowest BCUT2D eigenvalue weighted by Gasteiger charge is -2.36. The third-order valence-corrected chi connectivity index (χ3v) is 4.95. The Hall–Kier alpha value is -2.50. The second-order valence-corrected chi connectivity index (χ2v) is 7.16. The number of piperazine rings is 1. The van der Waals surface area contributed by atoms with E-state index < -0.39 is 0 Å². The third-order valence-electron chi connectivity index (χ3n) is 4.95. The van der Waals surface area contributed by atoms with Gasteiger partial charge in [0.05, 0.1) is 17.1 Å². The summed E-state index contributed by atoms with van der Waals surface area (Å²) in [6, 6.07) is 7.98. The van der Waals surface area contributed by atoms with Crippen LogP contribution in [0.15, 0.2) is 24.3 Å². The first-order valence-electron chi connectivity index (χ1n) is 9.22. The molecule has 0 aliphatic carbocycles. The summed E-state index contributed by atoms with van der Waals surface area (Å²) < 4.78 is 5.67. The highest BCUT2D eigenvalue weighted by Crippen LogP contribution is 2.23. The molecule has 3 rings (SSSR count). The minimum absolute atomic E-state index is 0.0400. The molecular formula is C20H28N4O2. The lowest BCUT2D eigenvalue weighted by atomic mass is 10.0. The van der Waals surface area contributed by atoms with E-state index in [-0.39, 0.29) is 12.5 Å². The van der Waals surface area contributed by atoms with Gasteiger partial charge in [-0.3, -0.25) is 9.89 Å². The average molecular weight is 356 g/mol. The zero-order chi connectivity index (χ0) is 18.7. The van der Waals surface area contributed by atoms with Crippen LogP contribution in [-0.2, 0) is 4.79 Å². The fourth-order valence-corrected chi connectivity index (χ4v) is 3.38. The van der Waals surface area contributed by atoms with Crippen molar-refractivity contribution in [2.45, 2.75) is 33.6 Å². The van der Waals surface area contributed by atoms with Crippen LogP contribution >= 0.6 is 0 Å². The van der Waals surface area contributed by atoms with Crippen molar-refractivity contribution >= 4 is 11.6 Å². The van der Waals surface area contributed by atoms with Crippen molar-refractivity contribution in [3.8, 4) is 5.75 Å². The molecule has 1 aliphatic rings. The predicted octanol–water partition coefficient (Wildman–Crippen LogP) is 2.88. The summed E-state index contributed by atoms with van der Waals surface area (Å²) in [6.45, 7) is 11.5. The second-order valence-electron chi connectivity index (χ2n) is 7.16. The number of aryl methyl sites for hydroxylation is 2. The van der Waals surface area contributed by atoms with Crippen molar-refractivity contribution in [3.63, 3.8) is 0 Å². The smallest absolute Gasteiger partial charge is 0.260 e. The normalized spacial score (nSPS) is 14.8. The molecule has 0 bridgehead atoms. The maximum atomic E-state index is 12.4. The minimum atomic E-state index is 0.0400. The molecule has 1 aliphatic heterocycles. The number of nitrogens with zero attached hydrogens (tertiary/aromatic N) is 3. The lowest BCUT2D eigenvalue weighted by Crippen LogP contribution is -2.50. The van der Waals surface area contributed by atoms with E-state index in [0.717, 1.165) is 30.2 Å². The maximum absolute atomic E-state index is 12.4. The molecular weight excluding hydrogens is 328 g/mol. The fourth-order valence-electron chi connectivity index (χ4n) is 3.38. The number of H-pyrrole nitrogens is 1. The second kappa shape index (κ2) is 7.81. The molecule has 0 spiro atoms. The van der Waals surface area contributed by atoms with E-state index in [4.69, 9.17) is 4.74 Å². The van der Waals surface area contributed by atoms with E-state index in [0.29, 0.717) is 19.0 Å². The number of aromatic nitrogens is 2. The highest BCUT2D eigenvalue weighted by atomic mass is 16.5. The van der Waals surface area contributed by atoms with Gasteiger partial charge in [0.25, 0.3) is 5.91 Å². The Morgan fingerprint density at radius 1 is 1.15 bits per heavy atom. The molecule has 0 radical (unpaired) electrons. The zero-order valence-electron chi connectivity index (χ0n) is 16.1. The third kappa shape index (κ3) is 4.00. The quantitative estimate of drug-likeness (QED) is 0.895. The van der Waals surface area contributed by atoms with Crippen LogP contribution in [0.4, 0.5) is 5.69 Å². The number of aromatic amines is 1. The van der Waals surface area contributed by atoms with Gasteiger partial charge >= 0.3 is 0 Å². The van der Waals surface area contributed by atoms with Gasteiger partial charge in [0.2, 0.25) is 0 Å². The molecule has 2 heterocycles. The van der Waals surface area contributed by atoms with Crippen molar-refractivity contribution < 1.29 is 9.53 Å². The summed E-state index contributed by atoms with van der Waals surface area (Å²) in [5.74, 6) is 1.27. The summed E-state index contributed by atoms with van der Waals surface area (Å²) >= 11 is 0. The van der Waals surface area contributed by atoms with Crippen molar-refractivity contribution in [2.75, 3.05) is 37.7 Å². The van der Waals surface area contributed by atoms with Crippen LogP contribution in [0.25, 0.3) is 0 Å². The first kappa shape index (κ1) is 18.3. The molecule has 1 saturated heterocycles. The molecule has 6 heteroatoms. The summed E-state index contributed by atoms with van der Waals surface area (Å²) in [4.78, 5) is 16.6. The van der Waals surface area contributed by atoms with Crippen LogP contribution in [0, 0.1) is 13.8 Å². The highest BCUT2D eigenvalue weighted by Gasteiger charge is 2.24.